The fourth-order valence-corrected chi connectivity index (χ4v) is 2.88. The Morgan fingerprint density at radius 1 is 1.25 bits per heavy atom. The number of hydrogen-bond donors (Lipinski definition) is 2. The Kier molecular flexibility index (Phi) is 4.59. The first-order valence-corrected chi connectivity index (χ1v) is 7.67. The predicted molar refractivity (Wildman–Crippen MR) is 87.9 cm³/mol. The summed E-state index contributed by atoms with van der Waals surface area (Å²) in [6.45, 7) is -0.269. The van der Waals surface area contributed by atoms with Crippen LogP contribution in [-0.2, 0) is 9.59 Å². The molecule has 0 radical (unpaired) electrons. The Labute approximate surface area is 146 Å². The number of benzene rings is 2. The largest absolute Gasteiger partial charge is 0.482 e. The van der Waals surface area contributed by atoms with Crippen LogP contribution in [0, 0.1) is 5.82 Å². The summed E-state index contributed by atoms with van der Waals surface area (Å²) in [6.07, 6.45) is 0. The lowest BCUT2D eigenvalue weighted by Gasteiger charge is -2.18. The van der Waals surface area contributed by atoms with Gasteiger partial charge in [0.2, 0.25) is 0 Å². The van der Waals surface area contributed by atoms with Gasteiger partial charge < -0.3 is 15.4 Å². The van der Waals surface area contributed by atoms with Gasteiger partial charge in [-0.15, -0.1) is 0 Å². The van der Waals surface area contributed by atoms with E-state index >= 15 is 0 Å². The average Bonchev–Trinajstić information content (AvgIpc) is 2.69. The molecule has 0 saturated carbocycles. The van der Waals surface area contributed by atoms with Crippen LogP contribution in [0.4, 0.5) is 10.1 Å². The van der Waals surface area contributed by atoms with Gasteiger partial charge in [-0.2, -0.15) is 0 Å². The number of hydrogen-bond acceptors (Lipinski definition) is 3. The molecular weight excluding hydrogens is 358 g/mol. The van der Waals surface area contributed by atoms with Gasteiger partial charge in [-0.1, -0.05) is 23.2 Å². The number of carbonyl (C=O) groups excluding carboxylic acids is 2. The highest BCUT2D eigenvalue weighted by molar-refractivity contribution is 6.35. The lowest BCUT2D eigenvalue weighted by atomic mass is 10.0. The zero-order valence-electron chi connectivity index (χ0n) is 12.1. The Bertz CT molecular complexity index is 812. The Morgan fingerprint density at radius 2 is 1.96 bits per heavy atom. The van der Waals surface area contributed by atoms with Crippen molar-refractivity contribution in [2.24, 2.45) is 0 Å². The van der Waals surface area contributed by atoms with Crippen LogP contribution in [0.5, 0.6) is 5.75 Å². The van der Waals surface area contributed by atoms with Crippen LogP contribution in [0.3, 0.4) is 0 Å². The van der Waals surface area contributed by atoms with Crippen LogP contribution >= 0.6 is 23.2 Å². The zero-order chi connectivity index (χ0) is 17.3. The van der Waals surface area contributed by atoms with Crippen LogP contribution in [0.1, 0.15) is 11.6 Å². The van der Waals surface area contributed by atoms with E-state index < -0.39 is 23.7 Å². The molecule has 0 aliphatic carbocycles. The van der Waals surface area contributed by atoms with Gasteiger partial charge in [0.15, 0.2) is 6.61 Å². The van der Waals surface area contributed by atoms with Gasteiger partial charge in [0.05, 0.1) is 5.02 Å². The van der Waals surface area contributed by atoms with E-state index in [4.69, 9.17) is 27.9 Å². The van der Waals surface area contributed by atoms with E-state index in [9.17, 15) is 14.0 Å². The molecule has 0 bridgehead atoms. The van der Waals surface area contributed by atoms with Gasteiger partial charge in [-0.3, -0.25) is 9.59 Å². The molecule has 0 fully saturated rings. The molecule has 1 atom stereocenters. The van der Waals surface area contributed by atoms with E-state index in [0.29, 0.717) is 16.3 Å². The predicted octanol–water partition coefficient (Wildman–Crippen LogP) is 3.32. The van der Waals surface area contributed by atoms with Crippen LogP contribution in [-0.4, -0.2) is 18.4 Å². The Hall–Kier alpha value is -2.31. The number of halogens is 3. The third kappa shape index (κ3) is 3.44. The molecule has 2 amide bonds. The number of carbonyl (C=O) groups is 2. The highest BCUT2D eigenvalue weighted by Crippen LogP contribution is 2.37. The maximum absolute atomic E-state index is 13.0. The monoisotopic (exact) mass is 368 g/mol. The number of nitrogens with one attached hydrogen (secondary N) is 2. The second-order valence-corrected chi connectivity index (χ2v) is 5.93. The minimum Gasteiger partial charge on any atom is -0.482 e. The van der Waals surface area contributed by atoms with Crippen LogP contribution < -0.4 is 15.4 Å². The van der Waals surface area contributed by atoms with E-state index in [0.717, 1.165) is 0 Å². The highest BCUT2D eigenvalue weighted by atomic mass is 35.5. The lowest BCUT2D eigenvalue weighted by molar-refractivity contribution is -0.127. The number of rotatable bonds is 2. The molecule has 1 heterocycles. The highest BCUT2D eigenvalue weighted by Gasteiger charge is 2.31. The molecule has 1 aliphatic rings. The first-order chi connectivity index (χ1) is 11.4. The number of anilines is 1. The van der Waals surface area contributed by atoms with Crippen molar-refractivity contribution in [2.75, 3.05) is 11.9 Å². The standard InChI is InChI=1S/C16H11Cl2FN2O3/c17-8-5-11-14(16(23)20-10-3-1-9(19)2-4-10)21-13(22)7-24-15(11)12(18)6-8/h1-6,14H,7H2,(H,20,23)(H,21,22). The lowest BCUT2D eigenvalue weighted by Crippen LogP contribution is -2.37. The molecule has 0 spiro atoms. The van der Waals surface area contributed by atoms with Gasteiger partial charge in [-0.25, -0.2) is 4.39 Å². The molecule has 0 aromatic heterocycles. The van der Waals surface area contributed by atoms with Crippen molar-refractivity contribution < 1.29 is 18.7 Å². The summed E-state index contributed by atoms with van der Waals surface area (Å²) >= 11 is 12.1. The summed E-state index contributed by atoms with van der Waals surface area (Å²) in [6, 6.07) is 7.17. The summed E-state index contributed by atoms with van der Waals surface area (Å²) in [4.78, 5) is 24.4. The van der Waals surface area contributed by atoms with Gasteiger partial charge in [0, 0.05) is 16.3 Å². The van der Waals surface area contributed by atoms with E-state index in [1.54, 1.807) is 0 Å². The summed E-state index contributed by atoms with van der Waals surface area (Å²) in [5.74, 6) is -1.20. The molecule has 8 heteroatoms. The molecule has 2 aromatic carbocycles. The van der Waals surface area contributed by atoms with E-state index in [-0.39, 0.29) is 17.4 Å². The maximum atomic E-state index is 13.0. The zero-order valence-corrected chi connectivity index (χ0v) is 13.6. The fraction of sp³-hybridized carbons (Fsp3) is 0.125. The number of ether oxygens (including phenoxy) is 1. The summed E-state index contributed by atoms with van der Waals surface area (Å²) < 4.78 is 18.3. The fourth-order valence-electron chi connectivity index (χ4n) is 2.32. The molecule has 124 valence electrons. The molecule has 1 unspecified atom stereocenters. The van der Waals surface area contributed by atoms with Gasteiger partial charge in [0.25, 0.3) is 11.8 Å². The van der Waals surface area contributed by atoms with Crippen molar-refractivity contribution in [2.45, 2.75) is 6.04 Å². The SMILES string of the molecule is O=C1COc2c(Cl)cc(Cl)cc2C(C(=O)Nc2ccc(F)cc2)N1. The average molecular weight is 369 g/mol. The van der Waals surface area contributed by atoms with Crippen LogP contribution in [0.15, 0.2) is 36.4 Å². The molecule has 1 aliphatic heterocycles. The van der Waals surface area contributed by atoms with Crippen LogP contribution in [0.25, 0.3) is 0 Å². The van der Waals surface area contributed by atoms with Gasteiger partial charge >= 0.3 is 0 Å². The van der Waals surface area contributed by atoms with Crippen LogP contribution in [0.2, 0.25) is 10.0 Å². The summed E-state index contributed by atoms with van der Waals surface area (Å²) in [5.41, 5.74) is 0.730. The van der Waals surface area contributed by atoms with Crippen molar-refractivity contribution in [3.8, 4) is 5.75 Å². The molecule has 0 saturated heterocycles. The minimum atomic E-state index is -1.05. The van der Waals surface area contributed by atoms with Gasteiger partial charge in [-0.05, 0) is 36.4 Å². The third-order valence-corrected chi connectivity index (χ3v) is 3.87. The van der Waals surface area contributed by atoms with Gasteiger partial charge in [0.1, 0.15) is 17.6 Å². The van der Waals surface area contributed by atoms with Crippen molar-refractivity contribution in [1.29, 1.82) is 0 Å². The number of fused-ring (bicyclic) bond motifs is 1. The second-order valence-electron chi connectivity index (χ2n) is 5.09. The molecule has 2 aromatic rings. The Morgan fingerprint density at radius 3 is 2.67 bits per heavy atom. The first-order valence-electron chi connectivity index (χ1n) is 6.91. The van der Waals surface area contributed by atoms with Crippen molar-refractivity contribution >= 4 is 40.7 Å². The van der Waals surface area contributed by atoms with Crippen molar-refractivity contribution in [3.05, 3.63) is 57.8 Å². The normalized spacial score (nSPS) is 16.5. The molecule has 5 nitrogen and oxygen atoms in total. The molecular formula is C16H11Cl2FN2O3. The topological polar surface area (TPSA) is 67.4 Å². The number of amides is 2. The summed E-state index contributed by atoms with van der Waals surface area (Å²) in [5, 5.41) is 5.66. The smallest absolute Gasteiger partial charge is 0.258 e. The minimum absolute atomic E-state index is 0.202. The molecule has 3 rings (SSSR count). The van der Waals surface area contributed by atoms with Crippen molar-refractivity contribution in [1.82, 2.24) is 5.32 Å². The first kappa shape index (κ1) is 16.5. The summed E-state index contributed by atoms with van der Waals surface area (Å²) in [7, 11) is 0. The van der Waals surface area contributed by atoms with E-state index in [1.165, 1.54) is 36.4 Å². The van der Waals surface area contributed by atoms with Crippen molar-refractivity contribution in [3.63, 3.8) is 0 Å². The molecule has 24 heavy (non-hydrogen) atoms. The molecule has 2 N–H and O–H groups in total. The maximum Gasteiger partial charge on any atom is 0.258 e. The van der Waals surface area contributed by atoms with E-state index in [1.807, 2.05) is 0 Å². The Balaban J connectivity index is 1.95. The quantitative estimate of drug-likeness (QED) is 0.854. The van der Waals surface area contributed by atoms with E-state index in [2.05, 4.69) is 10.6 Å². The second kappa shape index (κ2) is 6.67. The third-order valence-electron chi connectivity index (χ3n) is 3.37.